The number of aromatic nitrogens is 4. The molecule has 6 nitrogen and oxygen atoms in total. The van der Waals surface area contributed by atoms with E-state index in [1.54, 1.807) is 11.8 Å². The number of thioether (sulfide) groups is 1. The first-order chi connectivity index (χ1) is 15.0. The summed E-state index contributed by atoms with van der Waals surface area (Å²) >= 11 is 9.02. The third-order valence-corrected chi connectivity index (χ3v) is 6.82. The average molecular weight is 470 g/mol. The van der Waals surface area contributed by atoms with Gasteiger partial charge in [-0.15, -0.1) is 21.5 Å². The molecule has 0 aliphatic heterocycles. The monoisotopic (exact) mass is 469 g/mol. The largest absolute Gasteiger partial charge is 0.325 e. The minimum absolute atomic E-state index is 0.0660. The number of hydrogen-bond acceptors (Lipinski definition) is 6. The van der Waals surface area contributed by atoms with E-state index in [2.05, 4.69) is 20.5 Å². The molecule has 0 spiro atoms. The van der Waals surface area contributed by atoms with Crippen molar-refractivity contribution in [3.05, 3.63) is 75.2 Å². The quantitative estimate of drug-likeness (QED) is 0.368. The van der Waals surface area contributed by atoms with Gasteiger partial charge in [-0.25, -0.2) is 4.98 Å². The Bertz CT molecular complexity index is 1200. The zero-order valence-corrected chi connectivity index (χ0v) is 19.4. The summed E-state index contributed by atoms with van der Waals surface area (Å²) in [4.78, 5) is 16.9. The molecule has 2 heterocycles. The molecule has 0 radical (unpaired) electrons. The van der Waals surface area contributed by atoms with Gasteiger partial charge in [0, 0.05) is 34.5 Å². The molecule has 0 aliphatic rings. The molecule has 0 saturated heterocycles. The van der Waals surface area contributed by atoms with Crippen molar-refractivity contribution in [2.45, 2.75) is 24.3 Å². The Morgan fingerprint density at radius 3 is 2.71 bits per heavy atom. The summed E-state index contributed by atoms with van der Waals surface area (Å²) < 4.78 is 1.96. The number of para-hydroxylation sites is 1. The highest BCUT2D eigenvalue weighted by atomic mass is 35.5. The number of nitrogens with zero attached hydrogens (tertiary/aromatic N) is 4. The minimum Gasteiger partial charge on any atom is -0.325 e. The Labute approximate surface area is 193 Å². The number of rotatable bonds is 7. The van der Waals surface area contributed by atoms with Crippen LogP contribution in [0.25, 0.3) is 11.4 Å². The maximum atomic E-state index is 12.3. The maximum absolute atomic E-state index is 12.3. The number of thiazole rings is 1. The molecular formula is C22H20ClN5OS2. The molecule has 0 unspecified atom stereocenters. The lowest BCUT2D eigenvalue weighted by atomic mass is 10.2. The third-order valence-electron chi connectivity index (χ3n) is 4.62. The van der Waals surface area contributed by atoms with E-state index in [1.165, 1.54) is 11.3 Å². The summed E-state index contributed by atoms with van der Waals surface area (Å²) in [6.07, 6.45) is 0.258. The van der Waals surface area contributed by atoms with Crippen molar-refractivity contribution in [1.82, 2.24) is 19.7 Å². The second-order valence-electron chi connectivity index (χ2n) is 6.93. The second-order valence-corrected chi connectivity index (χ2v) is 9.25. The van der Waals surface area contributed by atoms with Crippen LogP contribution in [-0.2, 0) is 24.0 Å². The molecule has 1 N–H and O–H groups in total. The van der Waals surface area contributed by atoms with Crippen LogP contribution in [0.4, 0.5) is 5.69 Å². The van der Waals surface area contributed by atoms with Crippen LogP contribution >= 0.6 is 34.7 Å². The van der Waals surface area contributed by atoms with E-state index < -0.39 is 0 Å². The van der Waals surface area contributed by atoms with Gasteiger partial charge < -0.3 is 9.88 Å². The normalized spacial score (nSPS) is 10.9. The number of carbonyl (C=O) groups excluding carboxylic acids is 1. The van der Waals surface area contributed by atoms with Gasteiger partial charge in [-0.3, -0.25) is 4.79 Å². The number of hydrogen-bond donors (Lipinski definition) is 1. The van der Waals surface area contributed by atoms with Crippen molar-refractivity contribution in [3.63, 3.8) is 0 Å². The molecule has 0 atom stereocenters. The lowest BCUT2D eigenvalue weighted by Gasteiger charge is -2.06. The van der Waals surface area contributed by atoms with Gasteiger partial charge >= 0.3 is 0 Å². The fourth-order valence-electron chi connectivity index (χ4n) is 2.97. The molecule has 0 fully saturated rings. The molecule has 2 aromatic heterocycles. The summed E-state index contributed by atoms with van der Waals surface area (Å²) in [5.74, 6) is 1.37. The predicted octanol–water partition coefficient (Wildman–Crippen LogP) is 5.37. The van der Waals surface area contributed by atoms with E-state index in [9.17, 15) is 4.79 Å². The van der Waals surface area contributed by atoms with Crippen LogP contribution < -0.4 is 5.32 Å². The molecule has 4 rings (SSSR count). The second kappa shape index (κ2) is 9.64. The van der Waals surface area contributed by atoms with Gasteiger partial charge in [-0.05, 0) is 42.8 Å². The Morgan fingerprint density at radius 2 is 1.94 bits per heavy atom. The summed E-state index contributed by atoms with van der Waals surface area (Å²) in [5.41, 5.74) is 3.75. The van der Waals surface area contributed by atoms with Crippen molar-refractivity contribution < 1.29 is 4.79 Å². The lowest BCUT2D eigenvalue weighted by Crippen LogP contribution is -2.15. The molecule has 0 saturated carbocycles. The van der Waals surface area contributed by atoms with Crippen molar-refractivity contribution in [2.24, 2.45) is 7.05 Å². The Kier molecular flexibility index (Phi) is 6.70. The number of carbonyl (C=O) groups is 1. The molecular weight excluding hydrogens is 450 g/mol. The van der Waals surface area contributed by atoms with Gasteiger partial charge in [-0.1, -0.05) is 41.6 Å². The summed E-state index contributed by atoms with van der Waals surface area (Å²) in [5, 5.41) is 15.8. The topological polar surface area (TPSA) is 72.7 Å². The van der Waals surface area contributed by atoms with Crippen molar-refractivity contribution in [3.8, 4) is 11.4 Å². The highest BCUT2D eigenvalue weighted by molar-refractivity contribution is 7.98. The first kappa shape index (κ1) is 21.5. The molecule has 1 amide bonds. The van der Waals surface area contributed by atoms with Crippen molar-refractivity contribution >= 4 is 46.3 Å². The van der Waals surface area contributed by atoms with Crippen LogP contribution in [-0.4, -0.2) is 25.7 Å². The molecule has 4 aromatic rings. The van der Waals surface area contributed by atoms with E-state index in [1.807, 2.05) is 72.4 Å². The van der Waals surface area contributed by atoms with Crippen LogP contribution in [0.15, 0.2) is 59.1 Å². The highest BCUT2D eigenvalue weighted by Crippen LogP contribution is 2.26. The third kappa shape index (κ3) is 5.33. The fraction of sp³-hybridized carbons (Fsp3) is 0.182. The molecule has 31 heavy (non-hydrogen) atoms. The average Bonchev–Trinajstić information content (AvgIpc) is 3.35. The minimum atomic E-state index is -0.0660. The Hall–Kier alpha value is -2.68. The van der Waals surface area contributed by atoms with E-state index in [0.29, 0.717) is 10.8 Å². The van der Waals surface area contributed by atoms with Crippen LogP contribution in [0.5, 0.6) is 0 Å². The molecule has 9 heteroatoms. The molecule has 158 valence electrons. The van der Waals surface area contributed by atoms with Crippen LogP contribution in [0.2, 0.25) is 5.02 Å². The summed E-state index contributed by atoms with van der Waals surface area (Å²) in [6, 6.07) is 15.3. The van der Waals surface area contributed by atoms with Gasteiger partial charge in [0.05, 0.1) is 12.1 Å². The molecule has 0 aliphatic carbocycles. The van der Waals surface area contributed by atoms with Gasteiger partial charge in [0.15, 0.2) is 11.0 Å². The summed E-state index contributed by atoms with van der Waals surface area (Å²) in [6.45, 7) is 1.97. The zero-order chi connectivity index (χ0) is 21.8. The van der Waals surface area contributed by atoms with Gasteiger partial charge in [0.2, 0.25) is 5.91 Å². The highest BCUT2D eigenvalue weighted by Gasteiger charge is 2.13. The number of benzene rings is 2. The van der Waals surface area contributed by atoms with Crippen molar-refractivity contribution in [1.29, 1.82) is 0 Å². The fourth-order valence-corrected chi connectivity index (χ4v) is 4.80. The van der Waals surface area contributed by atoms with E-state index >= 15 is 0 Å². The molecule has 2 aromatic carbocycles. The Morgan fingerprint density at radius 1 is 1.16 bits per heavy atom. The van der Waals surface area contributed by atoms with Crippen LogP contribution in [0.3, 0.4) is 0 Å². The number of amides is 1. The number of aryl methyl sites for hydroxylation is 1. The zero-order valence-electron chi connectivity index (χ0n) is 17.0. The number of nitrogens with one attached hydrogen (secondary N) is 1. The SMILES string of the molecule is Cc1ccccc1NC(=O)Cc1nc(CSc2nnc(-c3ccc(Cl)cc3)n2C)cs1. The molecule has 0 bridgehead atoms. The van der Waals surface area contributed by atoms with Gasteiger partial charge in [0.25, 0.3) is 0 Å². The first-order valence-corrected chi connectivity index (χ1v) is 11.8. The predicted molar refractivity (Wildman–Crippen MR) is 127 cm³/mol. The number of anilines is 1. The van der Waals surface area contributed by atoms with Gasteiger partial charge in [0.1, 0.15) is 5.01 Å². The van der Waals surface area contributed by atoms with Crippen LogP contribution in [0, 0.1) is 6.92 Å². The van der Waals surface area contributed by atoms with Gasteiger partial charge in [-0.2, -0.15) is 0 Å². The van der Waals surface area contributed by atoms with Crippen LogP contribution in [0.1, 0.15) is 16.3 Å². The summed E-state index contributed by atoms with van der Waals surface area (Å²) in [7, 11) is 1.94. The maximum Gasteiger partial charge on any atom is 0.231 e. The first-order valence-electron chi connectivity index (χ1n) is 9.56. The smallest absolute Gasteiger partial charge is 0.231 e. The van der Waals surface area contributed by atoms with E-state index in [4.69, 9.17) is 11.6 Å². The standard InChI is InChI=1S/C22H20ClN5OS2/c1-14-5-3-4-6-18(14)25-19(29)11-20-24-17(12-30-20)13-31-22-27-26-21(28(22)2)15-7-9-16(23)10-8-15/h3-10,12H,11,13H2,1-2H3,(H,25,29). The lowest BCUT2D eigenvalue weighted by molar-refractivity contribution is -0.115. The van der Waals surface area contributed by atoms with E-state index in [0.717, 1.165) is 38.5 Å². The Balaban J connectivity index is 1.35. The van der Waals surface area contributed by atoms with E-state index in [-0.39, 0.29) is 12.3 Å². The number of halogens is 1. The van der Waals surface area contributed by atoms with Crippen molar-refractivity contribution in [2.75, 3.05) is 5.32 Å².